The van der Waals surface area contributed by atoms with Crippen LogP contribution in [0.5, 0.6) is 0 Å². The van der Waals surface area contributed by atoms with Crippen molar-refractivity contribution >= 4 is 0 Å². The third-order valence-corrected chi connectivity index (χ3v) is 3.75. The number of rotatable bonds is 1. The third kappa shape index (κ3) is 6.16. The van der Waals surface area contributed by atoms with Gasteiger partial charge in [-0.1, -0.05) is 47.5 Å². The standard InChI is InChI=1S/C7H16N2.C6H14/c1-6-4-2-3-5-7(6,8)9;1-5(2)6(3)4/h6H,2-5,8-9H2,1H3;5-6H,1-4H3. The van der Waals surface area contributed by atoms with Crippen molar-refractivity contribution < 1.29 is 0 Å². The van der Waals surface area contributed by atoms with Crippen LogP contribution in [0.1, 0.15) is 60.3 Å². The van der Waals surface area contributed by atoms with Gasteiger partial charge in [-0.05, 0) is 30.6 Å². The Hall–Kier alpha value is -0.0800. The normalized spacial score (nSPS) is 25.0. The zero-order chi connectivity index (χ0) is 12.1. The van der Waals surface area contributed by atoms with Gasteiger partial charge in [0.05, 0.1) is 5.66 Å². The van der Waals surface area contributed by atoms with Crippen molar-refractivity contribution in [2.75, 3.05) is 0 Å². The second-order valence-corrected chi connectivity index (χ2v) is 5.75. The summed E-state index contributed by atoms with van der Waals surface area (Å²) < 4.78 is 0. The Labute approximate surface area is 95.8 Å². The van der Waals surface area contributed by atoms with Gasteiger partial charge in [0, 0.05) is 0 Å². The lowest BCUT2D eigenvalue weighted by molar-refractivity contribution is 0.212. The Balaban J connectivity index is 0.000000288. The molecule has 0 heterocycles. The minimum Gasteiger partial charge on any atom is -0.313 e. The van der Waals surface area contributed by atoms with E-state index in [0.717, 1.165) is 18.3 Å². The SMILES string of the molecule is CC(C)C(C)C.CC1CCCCC1(N)N. The van der Waals surface area contributed by atoms with Crippen LogP contribution < -0.4 is 11.5 Å². The van der Waals surface area contributed by atoms with Crippen LogP contribution in [-0.4, -0.2) is 5.66 Å². The van der Waals surface area contributed by atoms with Crippen LogP contribution in [0.3, 0.4) is 0 Å². The van der Waals surface area contributed by atoms with E-state index in [2.05, 4.69) is 34.6 Å². The Kier molecular flexibility index (Phi) is 6.46. The zero-order valence-corrected chi connectivity index (χ0v) is 11.2. The number of nitrogens with two attached hydrogens (primary N) is 2. The average Bonchev–Trinajstić information content (AvgIpc) is 2.11. The van der Waals surface area contributed by atoms with Crippen molar-refractivity contribution in [3.05, 3.63) is 0 Å². The molecule has 0 bridgehead atoms. The monoisotopic (exact) mass is 214 g/mol. The molecule has 15 heavy (non-hydrogen) atoms. The first-order valence-corrected chi connectivity index (χ1v) is 6.35. The van der Waals surface area contributed by atoms with E-state index in [-0.39, 0.29) is 5.66 Å². The molecule has 0 aromatic heterocycles. The molecule has 0 radical (unpaired) electrons. The summed E-state index contributed by atoms with van der Waals surface area (Å²) in [5, 5.41) is 0. The maximum atomic E-state index is 5.80. The maximum absolute atomic E-state index is 5.80. The second-order valence-electron chi connectivity index (χ2n) is 5.75. The summed E-state index contributed by atoms with van der Waals surface area (Å²) in [4.78, 5) is 0. The molecule has 0 aromatic rings. The molecule has 1 rings (SSSR count). The molecule has 1 unspecified atom stereocenters. The molecule has 2 heteroatoms. The molecule has 0 saturated heterocycles. The predicted molar refractivity (Wildman–Crippen MR) is 68.4 cm³/mol. The highest BCUT2D eigenvalue weighted by Gasteiger charge is 2.29. The van der Waals surface area contributed by atoms with E-state index in [4.69, 9.17) is 11.5 Å². The molecule has 0 aliphatic heterocycles. The van der Waals surface area contributed by atoms with Crippen LogP contribution in [0.2, 0.25) is 0 Å². The first-order chi connectivity index (χ1) is 6.77. The Morgan fingerprint density at radius 1 is 1.00 bits per heavy atom. The predicted octanol–water partition coefficient (Wildman–Crippen LogP) is 3.11. The van der Waals surface area contributed by atoms with E-state index in [9.17, 15) is 0 Å². The molecule has 0 aromatic carbocycles. The largest absolute Gasteiger partial charge is 0.313 e. The fourth-order valence-corrected chi connectivity index (χ4v) is 1.40. The van der Waals surface area contributed by atoms with Crippen LogP contribution in [0.4, 0.5) is 0 Å². The maximum Gasteiger partial charge on any atom is 0.0662 e. The van der Waals surface area contributed by atoms with Gasteiger partial charge < -0.3 is 11.5 Å². The van der Waals surface area contributed by atoms with Gasteiger partial charge >= 0.3 is 0 Å². The van der Waals surface area contributed by atoms with Gasteiger partial charge in [0.2, 0.25) is 0 Å². The average molecular weight is 214 g/mol. The Morgan fingerprint density at radius 2 is 1.47 bits per heavy atom. The zero-order valence-electron chi connectivity index (χ0n) is 11.2. The molecular weight excluding hydrogens is 184 g/mol. The van der Waals surface area contributed by atoms with E-state index in [1.807, 2.05) is 0 Å². The lowest BCUT2D eigenvalue weighted by Gasteiger charge is -2.35. The van der Waals surface area contributed by atoms with E-state index >= 15 is 0 Å². The minimum absolute atomic E-state index is 0.363. The van der Waals surface area contributed by atoms with Crippen molar-refractivity contribution in [3.63, 3.8) is 0 Å². The lowest BCUT2D eigenvalue weighted by Crippen LogP contribution is -2.56. The van der Waals surface area contributed by atoms with Crippen LogP contribution in [0, 0.1) is 17.8 Å². The van der Waals surface area contributed by atoms with Crippen molar-refractivity contribution in [2.24, 2.45) is 29.2 Å². The van der Waals surface area contributed by atoms with Gasteiger partial charge in [0.15, 0.2) is 0 Å². The molecule has 0 spiro atoms. The molecule has 2 nitrogen and oxygen atoms in total. The quantitative estimate of drug-likeness (QED) is 0.659. The molecule has 92 valence electrons. The fourth-order valence-electron chi connectivity index (χ4n) is 1.40. The highest BCUT2D eigenvalue weighted by molar-refractivity contribution is 4.86. The van der Waals surface area contributed by atoms with Crippen LogP contribution in [-0.2, 0) is 0 Å². The highest BCUT2D eigenvalue weighted by Crippen LogP contribution is 2.26. The van der Waals surface area contributed by atoms with Crippen molar-refractivity contribution in [1.82, 2.24) is 0 Å². The van der Waals surface area contributed by atoms with Gasteiger partial charge in [-0.25, -0.2) is 0 Å². The van der Waals surface area contributed by atoms with Crippen LogP contribution in [0.25, 0.3) is 0 Å². The second kappa shape index (κ2) is 6.49. The summed E-state index contributed by atoms with van der Waals surface area (Å²) in [5.41, 5.74) is 11.2. The molecule has 1 atom stereocenters. The summed E-state index contributed by atoms with van der Waals surface area (Å²) in [6.45, 7) is 11.1. The number of hydrogen-bond acceptors (Lipinski definition) is 2. The van der Waals surface area contributed by atoms with Crippen molar-refractivity contribution in [2.45, 2.75) is 66.0 Å². The van der Waals surface area contributed by atoms with E-state index in [1.165, 1.54) is 19.3 Å². The Morgan fingerprint density at radius 3 is 1.67 bits per heavy atom. The minimum atomic E-state index is -0.363. The molecule has 1 aliphatic carbocycles. The van der Waals surface area contributed by atoms with E-state index < -0.39 is 0 Å². The fraction of sp³-hybridized carbons (Fsp3) is 1.00. The lowest BCUT2D eigenvalue weighted by atomic mass is 9.81. The summed E-state index contributed by atoms with van der Waals surface area (Å²) in [6, 6.07) is 0. The Bertz CT molecular complexity index is 156. The van der Waals surface area contributed by atoms with Crippen LogP contribution in [0.15, 0.2) is 0 Å². The van der Waals surface area contributed by atoms with Gasteiger partial charge in [0.1, 0.15) is 0 Å². The molecular formula is C13H30N2. The summed E-state index contributed by atoms with van der Waals surface area (Å²) >= 11 is 0. The first kappa shape index (κ1) is 14.9. The van der Waals surface area contributed by atoms with E-state index in [0.29, 0.717) is 5.92 Å². The van der Waals surface area contributed by atoms with E-state index in [1.54, 1.807) is 0 Å². The summed E-state index contributed by atoms with van der Waals surface area (Å²) in [7, 11) is 0. The van der Waals surface area contributed by atoms with Crippen molar-refractivity contribution in [3.8, 4) is 0 Å². The van der Waals surface area contributed by atoms with Gasteiger partial charge in [0.25, 0.3) is 0 Å². The smallest absolute Gasteiger partial charge is 0.0662 e. The topological polar surface area (TPSA) is 52.0 Å². The van der Waals surface area contributed by atoms with Gasteiger partial charge in [-0.15, -0.1) is 0 Å². The molecule has 1 saturated carbocycles. The summed E-state index contributed by atoms with van der Waals surface area (Å²) in [6.07, 6.45) is 4.70. The molecule has 4 N–H and O–H groups in total. The third-order valence-electron chi connectivity index (χ3n) is 3.75. The number of hydrogen-bond donors (Lipinski definition) is 2. The molecule has 0 amide bonds. The van der Waals surface area contributed by atoms with Gasteiger partial charge in [-0.2, -0.15) is 0 Å². The van der Waals surface area contributed by atoms with Crippen molar-refractivity contribution in [1.29, 1.82) is 0 Å². The van der Waals surface area contributed by atoms with Crippen LogP contribution >= 0.6 is 0 Å². The van der Waals surface area contributed by atoms with Gasteiger partial charge in [-0.3, -0.25) is 0 Å². The molecule has 1 aliphatic rings. The first-order valence-electron chi connectivity index (χ1n) is 6.35. The molecule has 1 fully saturated rings. The summed E-state index contributed by atoms with van der Waals surface area (Å²) in [5.74, 6) is 2.21. The highest BCUT2D eigenvalue weighted by atomic mass is 15.0.